The topological polar surface area (TPSA) is 98.6 Å². The minimum atomic E-state index is -0.0990. The van der Waals surface area contributed by atoms with E-state index in [9.17, 15) is 9.59 Å². The first kappa shape index (κ1) is 35.1. The molecule has 266 valence electrons. The third-order valence-electron chi connectivity index (χ3n) is 9.81. The molecule has 2 aromatic carbocycles. The number of carbonyl (C=O) groups excluding carboxylic acids is 2. The predicted molar refractivity (Wildman–Crippen MR) is 196 cm³/mol. The zero-order valence-corrected chi connectivity index (χ0v) is 30.0. The lowest BCUT2D eigenvalue weighted by Gasteiger charge is -2.34. The summed E-state index contributed by atoms with van der Waals surface area (Å²) in [5.74, 6) is 2.24. The third-order valence-corrected chi connectivity index (χ3v) is 9.81. The molecule has 11 heteroatoms. The average Bonchev–Trinajstić information content (AvgIpc) is 3.79. The minimum Gasteiger partial charge on any atom is -0.494 e. The number of aromatic nitrogens is 2. The van der Waals surface area contributed by atoms with Crippen molar-refractivity contribution in [1.82, 2.24) is 24.3 Å². The Morgan fingerprint density at radius 1 is 0.860 bits per heavy atom. The standard InChI is InChI=1S/C39H49N5O6/c1-6-7-10-23-50-29-12-13-30-31-15-16-40-27(2)36(31)44(32(30)25-29)37-28(24-33(47-3)38(48-4)39(37)49-5)11-14-34(45)43-21-19-41(20-22-43)26-35(46)42-17-8-9-18-42/h11-16,24-25H,6-10,17-23,26H2,1-5H3/b14-11+. The average molecular weight is 684 g/mol. The summed E-state index contributed by atoms with van der Waals surface area (Å²) < 4.78 is 26.1. The van der Waals surface area contributed by atoms with Crippen LogP contribution in [0, 0.1) is 6.92 Å². The lowest BCUT2D eigenvalue weighted by molar-refractivity contribution is -0.132. The second-order valence-corrected chi connectivity index (χ2v) is 13.0. The lowest BCUT2D eigenvalue weighted by atomic mass is 10.1. The van der Waals surface area contributed by atoms with Crippen LogP contribution in [-0.4, -0.2) is 110 Å². The first-order chi connectivity index (χ1) is 24.4. The van der Waals surface area contributed by atoms with E-state index in [1.807, 2.05) is 47.2 Å². The van der Waals surface area contributed by atoms with Crippen molar-refractivity contribution in [2.24, 2.45) is 0 Å². The van der Waals surface area contributed by atoms with Gasteiger partial charge in [-0.1, -0.05) is 19.8 Å². The summed E-state index contributed by atoms with van der Waals surface area (Å²) in [5.41, 5.74) is 4.07. The van der Waals surface area contributed by atoms with E-state index >= 15 is 0 Å². The number of fused-ring (bicyclic) bond motifs is 3. The fourth-order valence-corrected chi connectivity index (χ4v) is 7.14. The zero-order valence-electron chi connectivity index (χ0n) is 30.0. The molecule has 2 aliphatic heterocycles. The first-order valence-corrected chi connectivity index (χ1v) is 17.7. The normalized spacial score (nSPS) is 15.4. The van der Waals surface area contributed by atoms with Crippen molar-refractivity contribution in [2.75, 3.05) is 73.7 Å². The van der Waals surface area contributed by atoms with Crippen molar-refractivity contribution < 1.29 is 28.5 Å². The largest absolute Gasteiger partial charge is 0.494 e. The smallest absolute Gasteiger partial charge is 0.246 e. The van der Waals surface area contributed by atoms with Crippen LogP contribution >= 0.6 is 0 Å². The van der Waals surface area contributed by atoms with Crippen molar-refractivity contribution in [2.45, 2.75) is 46.0 Å². The number of likely N-dealkylation sites (tertiary alicyclic amines) is 1. The van der Waals surface area contributed by atoms with Gasteiger partial charge < -0.3 is 33.3 Å². The van der Waals surface area contributed by atoms with Crippen LogP contribution in [0.4, 0.5) is 0 Å². The number of rotatable bonds is 13. The number of unbranched alkanes of at least 4 members (excludes halogenated alkanes) is 2. The van der Waals surface area contributed by atoms with Crippen molar-refractivity contribution in [3.05, 3.63) is 53.9 Å². The van der Waals surface area contributed by atoms with Gasteiger partial charge in [0.15, 0.2) is 11.5 Å². The molecule has 0 saturated carbocycles. The van der Waals surface area contributed by atoms with Crippen LogP contribution in [0.25, 0.3) is 33.6 Å². The Hall–Kier alpha value is -4.77. The molecule has 0 N–H and O–H groups in total. The minimum absolute atomic E-state index is 0.0990. The van der Waals surface area contributed by atoms with Gasteiger partial charge in [0.25, 0.3) is 0 Å². The Balaban J connectivity index is 1.37. The maximum atomic E-state index is 13.6. The van der Waals surface area contributed by atoms with Gasteiger partial charge in [0.1, 0.15) is 11.4 Å². The van der Waals surface area contributed by atoms with Crippen LogP contribution in [0.5, 0.6) is 23.0 Å². The molecule has 0 bridgehead atoms. The molecule has 2 aromatic heterocycles. The van der Waals surface area contributed by atoms with Crippen molar-refractivity contribution in [3.8, 4) is 28.7 Å². The second kappa shape index (κ2) is 15.8. The monoisotopic (exact) mass is 683 g/mol. The Bertz CT molecular complexity index is 1870. The summed E-state index contributed by atoms with van der Waals surface area (Å²) in [6.45, 7) is 9.34. The van der Waals surface area contributed by atoms with Crippen LogP contribution in [-0.2, 0) is 9.59 Å². The van der Waals surface area contributed by atoms with Crippen LogP contribution in [0.2, 0.25) is 0 Å². The second-order valence-electron chi connectivity index (χ2n) is 13.0. The highest BCUT2D eigenvalue weighted by molar-refractivity contribution is 6.11. The van der Waals surface area contributed by atoms with Gasteiger partial charge in [0.05, 0.1) is 51.2 Å². The van der Waals surface area contributed by atoms with Gasteiger partial charge in [-0.05, 0) is 56.5 Å². The number of piperazine rings is 1. The summed E-state index contributed by atoms with van der Waals surface area (Å²) in [7, 11) is 4.78. The van der Waals surface area contributed by atoms with Crippen LogP contribution in [0.15, 0.2) is 42.6 Å². The fourth-order valence-electron chi connectivity index (χ4n) is 7.14. The summed E-state index contributed by atoms with van der Waals surface area (Å²) >= 11 is 0. The predicted octanol–water partition coefficient (Wildman–Crippen LogP) is 5.86. The molecular weight excluding hydrogens is 634 g/mol. The molecule has 0 radical (unpaired) electrons. The first-order valence-electron chi connectivity index (χ1n) is 17.7. The van der Waals surface area contributed by atoms with Crippen LogP contribution < -0.4 is 18.9 Å². The van der Waals surface area contributed by atoms with E-state index in [0.29, 0.717) is 67.8 Å². The lowest BCUT2D eigenvalue weighted by Crippen LogP contribution is -2.51. The molecule has 0 atom stereocenters. The van der Waals surface area contributed by atoms with E-state index in [0.717, 1.165) is 78.4 Å². The van der Waals surface area contributed by atoms with Crippen molar-refractivity contribution in [1.29, 1.82) is 0 Å². The third kappa shape index (κ3) is 7.10. The Morgan fingerprint density at radius 2 is 1.62 bits per heavy atom. The molecule has 11 nitrogen and oxygen atoms in total. The number of amides is 2. The fraction of sp³-hybridized carbons (Fsp3) is 0.462. The number of carbonyl (C=O) groups is 2. The summed E-state index contributed by atoms with van der Waals surface area (Å²) in [5, 5.41) is 2.07. The molecule has 4 heterocycles. The molecule has 50 heavy (non-hydrogen) atoms. The molecule has 6 rings (SSSR count). The Labute approximate surface area is 294 Å². The van der Waals surface area contributed by atoms with Gasteiger partial charge in [-0.15, -0.1) is 0 Å². The molecule has 2 aliphatic rings. The maximum Gasteiger partial charge on any atom is 0.246 e. The molecule has 2 amide bonds. The highest BCUT2D eigenvalue weighted by Crippen LogP contribution is 2.47. The molecule has 0 unspecified atom stereocenters. The molecule has 0 aliphatic carbocycles. The van der Waals surface area contributed by atoms with Gasteiger partial charge in [0, 0.05) is 73.9 Å². The number of pyridine rings is 1. The molecule has 2 saturated heterocycles. The van der Waals surface area contributed by atoms with E-state index in [1.54, 1.807) is 27.4 Å². The number of methoxy groups -OCH3 is 3. The van der Waals surface area contributed by atoms with Gasteiger partial charge >= 0.3 is 0 Å². The summed E-state index contributed by atoms with van der Waals surface area (Å²) in [6.07, 6.45) is 10.6. The molecular formula is C39H49N5O6. The van der Waals surface area contributed by atoms with Gasteiger partial charge in [-0.25, -0.2) is 0 Å². The van der Waals surface area contributed by atoms with Gasteiger partial charge in [-0.2, -0.15) is 0 Å². The number of hydrogen-bond acceptors (Lipinski definition) is 8. The highest BCUT2D eigenvalue weighted by Gasteiger charge is 2.27. The number of nitrogens with zero attached hydrogens (tertiary/aromatic N) is 5. The zero-order chi connectivity index (χ0) is 35.2. The van der Waals surface area contributed by atoms with Crippen molar-refractivity contribution in [3.63, 3.8) is 0 Å². The Morgan fingerprint density at radius 3 is 2.32 bits per heavy atom. The maximum absolute atomic E-state index is 13.6. The van der Waals surface area contributed by atoms with E-state index in [1.165, 1.54) is 0 Å². The van der Waals surface area contributed by atoms with Crippen LogP contribution in [0.1, 0.15) is 50.3 Å². The summed E-state index contributed by atoms with van der Waals surface area (Å²) in [4.78, 5) is 36.9. The number of aryl methyl sites for hydroxylation is 1. The summed E-state index contributed by atoms with van der Waals surface area (Å²) in [6, 6.07) is 10.1. The number of hydrogen-bond donors (Lipinski definition) is 0. The molecule has 0 spiro atoms. The SMILES string of the molecule is CCCCCOc1ccc2c3ccnc(C)c3n(-c3c(/C=C/C(=O)N4CCN(CC(=O)N5CCCC5)CC4)cc(OC)c(OC)c3OC)c2c1. The van der Waals surface area contributed by atoms with E-state index in [4.69, 9.17) is 18.9 Å². The van der Waals surface area contributed by atoms with Crippen LogP contribution in [0.3, 0.4) is 0 Å². The quantitative estimate of drug-likeness (QED) is 0.128. The number of ether oxygens (including phenoxy) is 4. The highest BCUT2D eigenvalue weighted by atomic mass is 16.5. The molecule has 2 fully saturated rings. The van der Waals surface area contributed by atoms with E-state index < -0.39 is 0 Å². The van der Waals surface area contributed by atoms with E-state index in [-0.39, 0.29) is 11.8 Å². The Kier molecular flexibility index (Phi) is 11.1. The van der Waals surface area contributed by atoms with Gasteiger partial charge in [-0.3, -0.25) is 19.5 Å². The number of benzene rings is 2. The molecule has 4 aromatic rings. The van der Waals surface area contributed by atoms with Gasteiger partial charge in [0.2, 0.25) is 17.6 Å². The van der Waals surface area contributed by atoms with E-state index in [2.05, 4.69) is 33.5 Å². The van der Waals surface area contributed by atoms with Crippen molar-refractivity contribution >= 4 is 39.7 Å².